The van der Waals surface area contributed by atoms with Gasteiger partial charge in [-0.15, -0.1) is 11.8 Å². The predicted molar refractivity (Wildman–Crippen MR) is 124 cm³/mol. The van der Waals surface area contributed by atoms with E-state index in [-0.39, 0.29) is 23.0 Å². The van der Waals surface area contributed by atoms with Crippen LogP contribution in [0.15, 0.2) is 59.5 Å². The highest BCUT2D eigenvalue weighted by molar-refractivity contribution is 8.18. The molecule has 1 heterocycles. The molecule has 9 heteroatoms. The minimum absolute atomic E-state index is 0.0229. The van der Waals surface area contributed by atoms with Crippen molar-refractivity contribution in [1.29, 1.82) is 0 Å². The molecule has 1 aliphatic heterocycles. The Bertz CT molecular complexity index is 895. The molecule has 0 aliphatic carbocycles. The number of ether oxygens (including phenoxy) is 1. The Morgan fingerprint density at radius 1 is 1.03 bits per heavy atom. The maximum Gasteiger partial charge on any atom is 0.407 e. The van der Waals surface area contributed by atoms with E-state index in [1.165, 1.54) is 23.5 Å². The number of anilines is 1. The molecular formula is C22H25N3O4S2. The molecule has 0 saturated heterocycles. The van der Waals surface area contributed by atoms with Gasteiger partial charge >= 0.3 is 6.09 Å². The summed E-state index contributed by atoms with van der Waals surface area (Å²) in [7, 11) is 0. The van der Waals surface area contributed by atoms with Gasteiger partial charge in [-0.1, -0.05) is 54.2 Å². The highest BCUT2D eigenvalue weighted by Crippen LogP contribution is 2.39. The Morgan fingerprint density at radius 3 is 2.65 bits per heavy atom. The number of amides is 3. The Kier molecular flexibility index (Phi) is 9.11. The van der Waals surface area contributed by atoms with Crippen molar-refractivity contribution < 1.29 is 19.1 Å². The zero-order valence-corrected chi connectivity index (χ0v) is 18.6. The molecule has 3 N–H and O–H groups in total. The number of para-hydroxylation sites is 1. The highest BCUT2D eigenvalue weighted by Gasteiger charge is 2.26. The smallest absolute Gasteiger partial charge is 0.407 e. The molecule has 0 aromatic heterocycles. The number of rotatable bonds is 10. The first-order chi connectivity index (χ1) is 15.1. The van der Waals surface area contributed by atoms with Crippen molar-refractivity contribution in [2.45, 2.75) is 28.9 Å². The fourth-order valence-corrected chi connectivity index (χ4v) is 5.12. The van der Waals surface area contributed by atoms with E-state index >= 15 is 0 Å². The Morgan fingerprint density at radius 2 is 1.81 bits per heavy atom. The molecular weight excluding hydrogens is 434 g/mol. The van der Waals surface area contributed by atoms with Crippen LogP contribution in [0.3, 0.4) is 0 Å². The van der Waals surface area contributed by atoms with Crippen molar-refractivity contribution in [1.82, 2.24) is 10.6 Å². The van der Waals surface area contributed by atoms with Gasteiger partial charge in [-0.3, -0.25) is 9.59 Å². The number of nitrogens with one attached hydrogen (secondary N) is 3. The van der Waals surface area contributed by atoms with E-state index in [0.29, 0.717) is 31.7 Å². The van der Waals surface area contributed by atoms with E-state index in [0.717, 1.165) is 16.1 Å². The maximum atomic E-state index is 12.2. The third-order valence-corrected chi connectivity index (χ3v) is 7.04. The lowest BCUT2D eigenvalue weighted by molar-refractivity contribution is -0.121. The van der Waals surface area contributed by atoms with Gasteiger partial charge in [-0.05, 0) is 24.1 Å². The minimum Gasteiger partial charge on any atom is -0.445 e. The van der Waals surface area contributed by atoms with Crippen LogP contribution < -0.4 is 16.0 Å². The van der Waals surface area contributed by atoms with E-state index in [1.54, 1.807) is 0 Å². The summed E-state index contributed by atoms with van der Waals surface area (Å²) in [4.78, 5) is 36.8. The molecule has 1 aliphatic rings. The fourth-order valence-electron chi connectivity index (χ4n) is 2.80. The predicted octanol–water partition coefficient (Wildman–Crippen LogP) is 3.61. The third kappa shape index (κ3) is 7.84. The lowest BCUT2D eigenvalue weighted by atomic mass is 10.2. The highest BCUT2D eigenvalue weighted by atomic mass is 32.2. The molecule has 0 bridgehead atoms. The monoisotopic (exact) mass is 459 g/mol. The molecule has 0 radical (unpaired) electrons. The third-order valence-electron chi connectivity index (χ3n) is 4.35. The number of fused-ring (bicyclic) bond motifs is 1. The lowest BCUT2D eigenvalue weighted by Crippen LogP contribution is -2.30. The summed E-state index contributed by atoms with van der Waals surface area (Å²) in [6.45, 7) is 1.07. The number of carbonyl (C=O) groups excluding carboxylic acids is 3. The Balaban J connectivity index is 1.22. The van der Waals surface area contributed by atoms with Crippen LogP contribution in [0.5, 0.6) is 0 Å². The summed E-state index contributed by atoms with van der Waals surface area (Å²) in [6, 6.07) is 17.2. The van der Waals surface area contributed by atoms with Gasteiger partial charge in [-0.2, -0.15) is 0 Å². The van der Waals surface area contributed by atoms with E-state index in [2.05, 4.69) is 16.0 Å². The van der Waals surface area contributed by atoms with E-state index < -0.39 is 6.09 Å². The van der Waals surface area contributed by atoms with Gasteiger partial charge in [0.15, 0.2) is 0 Å². The van der Waals surface area contributed by atoms with Gasteiger partial charge in [0.2, 0.25) is 11.8 Å². The zero-order chi connectivity index (χ0) is 21.9. The summed E-state index contributed by atoms with van der Waals surface area (Å²) in [6.07, 6.45) is 0.345. The molecule has 3 amide bonds. The second-order valence-electron chi connectivity index (χ2n) is 6.75. The van der Waals surface area contributed by atoms with Gasteiger partial charge in [0, 0.05) is 30.2 Å². The van der Waals surface area contributed by atoms with E-state index in [1.807, 2.05) is 54.6 Å². The lowest BCUT2D eigenvalue weighted by Gasteiger charge is -2.23. The number of carbonyl (C=O) groups is 3. The molecule has 31 heavy (non-hydrogen) atoms. The van der Waals surface area contributed by atoms with E-state index in [9.17, 15) is 14.4 Å². The number of hydrogen-bond donors (Lipinski definition) is 3. The summed E-state index contributed by atoms with van der Waals surface area (Å²) in [5.41, 5.74) is 1.77. The average Bonchev–Trinajstić information content (AvgIpc) is 2.79. The summed E-state index contributed by atoms with van der Waals surface area (Å²) >= 11 is 3.04. The molecule has 0 spiro atoms. The van der Waals surface area contributed by atoms with Crippen LogP contribution in [0.1, 0.15) is 18.4 Å². The van der Waals surface area contributed by atoms with E-state index in [4.69, 9.17) is 4.74 Å². The van der Waals surface area contributed by atoms with Gasteiger partial charge in [0.1, 0.15) is 11.2 Å². The van der Waals surface area contributed by atoms with Gasteiger partial charge < -0.3 is 20.7 Å². The molecule has 0 saturated carbocycles. The van der Waals surface area contributed by atoms with Crippen LogP contribution in [0.2, 0.25) is 0 Å². The SMILES string of the molecule is O=C(CCCNC(=O)OCc1ccccc1)NCCSC1Sc2ccccc2NC1=O. The first kappa shape index (κ1) is 23.0. The largest absolute Gasteiger partial charge is 0.445 e. The molecule has 2 aromatic carbocycles. The topological polar surface area (TPSA) is 96.5 Å². The van der Waals surface area contributed by atoms with Crippen LogP contribution >= 0.6 is 23.5 Å². The van der Waals surface area contributed by atoms with Gasteiger partial charge in [0.05, 0.1) is 5.69 Å². The minimum atomic E-state index is -0.495. The summed E-state index contributed by atoms with van der Waals surface area (Å²) in [5, 5.41) is 8.39. The first-order valence-electron chi connectivity index (χ1n) is 10.0. The van der Waals surface area contributed by atoms with Crippen molar-refractivity contribution in [2.75, 3.05) is 24.2 Å². The molecule has 1 unspecified atom stereocenters. The number of benzene rings is 2. The average molecular weight is 460 g/mol. The van der Waals surface area contributed by atoms with Gasteiger partial charge in [-0.25, -0.2) is 4.79 Å². The molecule has 0 fully saturated rings. The normalized spacial score (nSPS) is 14.8. The van der Waals surface area contributed by atoms with Crippen molar-refractivity contribution in [3.05, 3.63) is 60.2 Å². The van der Waals surface area contributed by atoms with Crippen LogP contribution in [-0.2, 0) is 20.9 Å². The van der Waals surface area contributed by atoms with Crippen LogP contribution in [0, 0.1) is 0 Å². The quantitative estimate of drug-likeness (QED) is 0.470. The second kappa shape index (κ2) is 12.3. The van der Waals surface area contributed by atoms with Crippen molar-refractivity contribution in [3.63, 3.8) is 0 Å². The fraction of sp³-hybridized carbons (Fsp3) is 0.318. The number of alkyl carbamates (subject to hydrolysis) is 1. The molecule has 164 valence electrons. The number of hydrogen-bond acceptors (Lipinski definition) is 6. The zero-order valence-electron chi connectivity index (χ0n) is 17.0. The first-order valence-corrected chi connectivity index (χ1v) is 11.9. The van der Waals surface area contributed by atoms with Crippen LogP contribution in [-0.4, -0.2) is 41.3 Å². The van der Waals surface area contributed by atoms with Crippen LogP contribution in [0.4, 0.5) is 10.5 Å². The molecule has 2 aromatic rings. The Labute approximate surface area is 190 Å². The van der Waals surface area contributed by atoms with Crippen molar-refractivity contribution >= 4 is 47.1 Å². The number of thioether (sulfide) groups is 2. The van der Waals surface area contributed by atoms with Crippen LogP contribution in [0.25, 0.3) is 0 Å². The van der Waals surface area contributed by atoms with Crippen molar-refractivity contribution in [2.24, 2.45) is 0 Å². The van der Waals surface area contributed by atoms with Crippen molar-refractivity contribution in [3.8, 4) is 0 Å². The standard InChI is InChI=1S/C22H25N3O4S2/c26-19(11-6-12-24-22(28)29-15-16-7-2-1-3-8-16)23-13-14-30-21-20(27)25-17-9-4-5-10-18(17)31-21/h1-5,7-10,21H,6,11-15H2,(H,23,26)(H,24,28)(H,25,27). The second-order valence-corrected chi connectivity index (χ2v) is 9.41. The molecule has 3 rings (SSSR count). The van der Waals surface area contributed by atoms with Gasteiger partial charge in [0.25, 0.3) is 0 Å². The summed E-state index contributed by atoms with van der Waals surface area (Å²) in [5.74, 6) is 0.541. The maximum absolute atomic E-state index is 12.2. The summed E-state index contributed by atoms with van der Waals surface area (Å²) < 4.78 is 4.89. The Hall–Kier alpha value is -2.65. The molecule has 1 atom stereocenters. The molecule has 7 nitrogen and oxygen atoms in total.